The Hall–Kier alpha value is -3.35. The van der Waals surface area contributed by atoms with Crippen LogP contribution in [0.25, 0.3) is 5.69 Å². The smallest absolute Gasteiger partial charge is 0.262 e. The van der Waals surface area contributed by atoms with Gasteiger partial charge in [-0.1, -0.05) is 18.7 Å². The first-order valence-corrected chi connectivity index (χ1v) is 6.78. The fourth-order valence-corrected chi connectivity index (χ4v) is 2.41. The minimum atomic E-state index is -0.621. The molecule has 0 unspecified atom stereocenters. The van der Waals surface area contributed by atoms with Gasteiger partial charge in [0.2, 0.25) is 0 Å². The number of hydrogen-bond donors (Lipinski definition) is 2. The predicted molar refractivity (Wildman–Crippen MR) is 83.9 cm³/mol. The van der Waals surface area contributed by atoms with E-state index < -0.39 is 17.4 Å². The van der Waals surface area contributed by atoms with Crippen LogP contribution in [0.1, 0.15) is 20.7 Å². The van der Waals surface area contributed by atoms with Gasteiger partial charge in [0.25, 0.3) is 17.4 Å². The van der Waals surface area contributed by atoms with Crippen molar-refractivity contribution in [2.75, 3.05) is 12.3 Å². The summed E-state index contributed by atoms with van der Waals surface area (Å²) in [4.78, 5) is 35.8. The topological polar surface area (TPSA) is 103 Å². The van der Waals surface area contributed by atoms with Crippen molar-refractivity contribution in [2.24, 2.45) is 0 Å². The second kappa shape index (κ2) is 5.45. The first kappa shape index (κ1) is 14.6. The van der Waals surface area contributed by atoms with E-state index in [9.17, 15) is 14.4 Å². The molecule has 1 aliphatic heterocycles. The average molecular weight is 311 g/mol. The molecule has 116 valence electrons. The van der Waals surface area contributed by atoms with E-state index in [1.165, 1.54) is 0 Å². The van der Waals surface area contributed by atoms with Crippen molar-refractivity contribution < 1.29 is 14.3 Å². The molecule has 0 spiro atoms. The number of nitrogens with zero attached hydrogens (tertiary/aromatic N) is 1. The lowest BCUT2D eigenvalue weighted by Gasteiger charge is -2.13. The molecule has 0 aliphatic carbocycles. The Balaban J connectivity index is 2.17. The molecule has 0 atom stereocenters. The monoisotopic (exact) mass is 311 g/mol. The standard InChI is InChI=1S/C16H13N3O4/c1-2-6-23-10-5-3-4-9(7-10)19-12(20)8-11-13(14(19)17)16(22)18-15(11)21/h2-5,7-8H,1,6,17H2,(H,18,21,22). The molecule has 0 saturated heterocycles. The second-order valence-corrected chi connectivity index (χ2v) is 4.87. The predicted octanol–water partition coefficient (Wildman–Crippen LogP) is 0.868. The molecule has 0 bridgehead atoms. The van der Waals surface area contributed by atoms with E-state index in [-0.39, 0.29) is 16.9 Å². The number of rotatable bonds is 4. The maximum Gasteiger partial charge on any atom is 0.262 e. The van der Waals surface area contributed by atoms with E-state index in [1.54, 1.807) is 30.3 Å². The molecular weight excluding hydrogens is 298 g/mol. The van der Waals surface area contributed by atoms with Crippen molar-refractivity contribution in [3.63, 3.8) is 0 Å². The summed E-state index contributed by atoms with van der Waals surface area (Å²) in [6.07, 6.45) is 1.60. The number of carbonyl (C=O) groups is 2. The summed E-state index contributed by atoms with van der Waals surface area (Å²) in [7, 11) is 0. The third-order valence-corrected chi connectivity index (χ3v) is 3.40. The molecule has 0 fully saturated rings. The zero-order chi connectivity index (χ0) is 16.6. The van der Waals surface area contributed by atoms with Gasteiger partial charge in [-0.15, -0.1) is 0 Å². The van der Waals surface area contributed by atoms with E-state index in [0.717, 1.165) is 10.6 Å². The Labute approximate surface area is 131 Å². The molecule has 1 aromatic heterocycles. The maximum absolute atomic E-state index is 12.3. The van der Waals surface area contributed by atoms with E-state index in [0.29, 0.717) is 18.0 Å². The van der Waals surface area contributed by atoms with Gasteiger partial charge in [-0.3, -0.25) is 24.3 Å². The minimum absolute atomic E-state index is 0.00649. The number of hydrogen-bond acceptors (Lipinski definition) is 5. The van der Waals surface area contributed by atoms with E-state index in [1.807, 2.05) is 0 Å². The van der Waals surface area contributed by atoms with Crippen LogP contribution in [-0.2, 0) is 0 Å². The van der Waals surface area contributed by atoms with Gasteiger partial charge in [0.15, 0.2) is 0 Å². The minimum Gasteiger partial charge on any atom is -0.489 e. The second-order valence-electron chi connectivity index (χ2n) is 4.87. The third kappa shape index (κ3) is 2.38. The highest BCUT2D eigenvalue weighted by molar-refractivity contribution is 6.23. The summed E-state index contributed by atoms with van der Waals surface area (Å²) in [6.45, 7) is 3.88. The lowest BCUT2D eigenvalue weighted by Crippen LogP contribution is -2.24. The third-order valence-electron chi connectivity index (χ3n) is 3.40. The number of nitrogens with two attached hydrogens (primary N) is 1. The lowest BCUT2D eigenvalue weighted by atomic mass is 10.1. The van der Waals surface area contributed by atoms with E-state index in [2.05, 4.69) is 11.9 Å². The number of anilines is 1. The Bertz CT molecular complexity index is 899. The first-order chi connectivity index (χ1) is 11.0. The average Bonchev–Trinajstić information content (AvgIpc) is 2.80. The quantitative estimate of drug-likeness (QED) is 0.644. The number of nitrogen functional groups attached to an aromatic ring is 1. The zero-order valence-corrected chi connectivity index (χ0v) is 12.0. The van der Waals surface area contributed by atoms with Gasteiger partial charge in [0.1, 0.15) is 18.2 Å². The molecular formula is C16H13N3O4. The van der Waals surface area contributed by atoms with Crippen LogP contribution in [0.5, 0.6) is 5.75 Å². The molecule has 1 aromatic carbocycles. The molecule has 2 aromatic rings. The molecule has 2 heterocycles. The number of ether oxygens (including phenoxy) is 1. The van der Waals surface area contributed by atoms with Gasteiger partial charge in [-0.05, 0) is 12.1 Å². The Morgan fingerprint density at radius 3 is 2.74 bits per heavy atom. The van der Waals surface area contributed by atoms with Crippen molar-refractivity contribution in [2.45, 2.75) is 0 Å². The summed E-state index contributed by atoms with van der Waals surface area (Å²) in [5.74, 6) is -0.800. The van der Waals surface area contributed by atoms with Crippen molar-refractivity contribution >= 4 is 17.6 Å². The highest BCUT2D eigenvalue weighted by Gasteiger charge is 2.31. The Morgan fingerprint density at radius 1 is 1.22 bits per heavy atom. The lowest BCUT2D eigenvalue weighted by molar-refractivity contribution is 0.0880. The largest absolute Gasteiger partial charge is 0.489 e. The number of aromatic nitrogens is 1. The molecule has 0 saturated carbocycles. The number of nitrogens with one attached hydrogen (secondary N) is 1. The fourth-order valence-electron chi connectivity index (χ4n) is 2.41. The summed E-state index contributed by atoms with van der Waals surface area (Å²) < 4.78 is 6.58. The van der Waals surface area contributed by atoms with Crippen molar-refractivity contribution in [3.05, 3.63) is 64.5 Å². The molecule has 3 N–H and O–H groups in total. The van der Waals surface area contributed by atoms with Crippen molar-refractivity contribution in [1.29, 1.82) is 0 Å². The maximum atomic E-state index is 12.3. The molecule has 0 radical (unpaired) electrons. The number of carbonyl (C=O) groups excluding carboxylic acids is 2. The van der Waals surface area contributed by atoms with Crippen LogP contribution in [-0.4, -0.2) is 23.0 Å². The first-order valence-electron chi connectivity index (χ1n) is 6.78. The van der Waals surface area contributed by atoms with Gasteiger partial charge >= 0.3 is 0 Å². The highest BCUT2D eigenvalue weighted by atomic mass is 16.5. The molecule has 7 nitrogen and oxygen atoms in total. The van der Waals surface area contributed by atoms with Gasteiger partial charge in [-0.25, -0.2) is 0 Å². The van der Waals surface area contributed by atoms with E-state index in [4.69, 9.17) is 10.5 Å². The van der Waals surface area contributed by atoms with Crippen LogP contribution < -0.4 is 21.3 Å². The van der Waals surface area contributed by atoms with Crippen molar-refractivity contribution in [1.82, 2.24) is 9.88 Å². The Kier molecular flexibility index (Phi) is 3.46. The number of amides is 2. The van der Waals surface area contributed by atoms with Crippen LogP contribution in [0.2, 0.25) is 0 Å². The molecule has 23 heavy (non-hydrogen) atoms. The summed E-state index contributed by atoms with van der Waals surface area (Å²) in [6, 6.07) is 7.78. The van der Waals surface area contributed by atoms with Crippen molar-refractivity contribution in [3.8, 4) is 11.4 Å². The summed E-state index contributed by atoms with van der Waals surface area (Å²) in [5.41, 5.74) is 5.89. The highest BCUT2D eigenvalue weighted by Crippen LogP contribution is 2.24. The molecule has 7 heteroatoms. The van der Waals surface area contributed by atoms with Crippen LogP contribution in [0, 0.1) is 0 Å². The van der Waals surface area contributed by atoms with Gasteiger partial charge in [-0.2, -0.15) is 0 Å². The summed E-state index contributed by atoms with van der Waals surface area (Å²) >= 11 is 0. The van der Waals surface area contributed by atoms with Crippen LogP contribution in [0.15, 0.2) is 47.8 Å². The number of pyridine rings is 1. The number of fused-ring (bicyclic) bond motifs is 1. The van der Waals surface area contributed by atoms with Crippen LogP contribution in [0.4, 0.5) is 5.82 Å². The fraction of sp³-hybridized carbons (Fsp3) is 0.0625. The summed E-state index contributed by atoms with van der Waals surface area (Å²) in [5, 5.41) is 2.12. The number of benzene rings is 1. The van der Waals surface area contributed by atoms with Gasteiger partial charge in [0.05, 0.1) is 16.8 Å². The molecule has 3 rings (SSSR count). The van der Waals surface area contributed by atoms with Crippen LogP contribution >= 0.6 is 0 Å². The molecule has 2 amide bonds. The Morgan fingerprint density at radius 2 is 2.00 bits per heavy atom. The van der Waals surface area contributed by atoms with E-state index >= 15 is 0 Å². The SMILES string of the molecule is C=CCOc1cccc(-n2c(N)c3c(cc2=O)C(=O)NC3=O)c1. The normalized spacial score (nSPS) is 12.7. The zero-order valence-electron chi connectivity index (χ0n) is 12.0. The number of imide groups is 1. The van der Waals surface area contributed by atoms with Gasteiger partial charge < -0.3 is 10.5 Å². The van der Waals surface area contributed by atoms with Crippen LogP contribution in [0.3, 0.4) is 0 Å². The van der Waals surface area contributed by atoms with Gasteiger partial charge in [0, 0.05) is 12.1 Å². The molecule has 1 aliphatic rings.